The molecule has 0 saturated heterocycles. The van der Waals surface area contributed by atoms with E-state index >= 15 is 0 Å². The molecule has 0 spiro atoms. The Morgan fingerprint density at radius 3 is 1.96 bits per heavy atom. The highest BCUT2D eigenvalue weighted by Gasteiger charge is 2.10. The Bertz CT molecular complexity index is 641. The molecule has 2 aromatic carbocycles. The largest absolute Gasteiger partial charge is 0.350 e. The number of rotatable bonds is 7. The molecule has 2 nitrogen and oxygen atoms in total. The Hall–Kier alpha value is -2.09. The number of nitrogens with one attached hydrogen (secondary N) is 1. The van der Waals surface area contributed by atoms with Gasteiger partial charge in [0.05, 0.1) is 6.04 Å². The SMILES string of the molecule is CCc1ccc([C@@H](C)NC(=O)CCc2ccc(C(C)C)cc2)cc1. The molecule has 0 heterocycles. The molecule has 0 aliphatic carbocycles. The van der Waals surface area contributed by atoms with Crippen LogP contribution < -0.4 is 5.32 Å². The van der Waals surface area contributed by atoms with Gasteiger partial charge in [0.1, 0.15) is 0 Å². The van der Waals surface area contributed by atoms with E-state index in [4.69, 9.17) is 0 Å². The van der Waals surface area contributed by atoms with Gasteiger partial charge in [-0.1, -0.05) is 69.3 Å². The van der Waals surface area contributed by atoms with Crippen molar-refractivity contribution < 1.29 is 4.79 Å². The fourth-order valence-electron chi connectivity index (χ4n) is 2.77. The second-order valence-corrected chi connectivity index (χ2v) is 6.78. The van der Waals surface area contributed by atoms with Crippen molar-refractivity contribution in [2.75, 3.05) is 0 Å². The van der Waals surface area contributed by atoms with Gasteiger partial charge in [-0.2, -0.15) is 0 Å². The standard InChI is InChI=1S/C22H29NO/c1-5-18-6-13-21(14-7-18)17(4)23-22(24)15-10-19-8-11-20(12-9-19)16(2)3/h6-9,11-14,16-17H,5,10,15H2,1-4H3,(H,23,24)/t17-/m1/s1. The first kappa shape index (κ1) is 18.3. The summed E-state index contributed by atoms with van der Waals surface area (Å²) in [5.41, 5.74) is 5.03. The second kappa shape index (κ2) is 8.68. The lowest BCUT2D eigenvalue weighted by Gasteiger charge is -2.15. The molecule has 0 unspecified atom stereocenters. The van der Waals surface area contributed by atoms with Crippen LogP contribution in [0.5, 0.6) is 0 Å². The van der Waals surface area contributed by atoms with Gasteiger partial charge in [-0.25, -0.2) is 0 Å². The van der Waals surface area contributed by atoms with Crippen LogP contribution in [0.2, 0.25) is 0 Å². The van der Waals surface area contributed by atoms with Gasteiger partial charge in [-0.05, 0) is 47.9 Å². The molecule has 1 N–H and O–H groups in total. The Balaban J connectivity index is 1.83. The fourth-order valence-corrected chi connectivity index (χ4v) is 2.77. The first-order chi connectivity index (χ1) is 11.5. The van der Waals surface area contributed by atoms with Crippen LogP contribution in [-0.4, -0.2) is 5.91 Å². The maximum absolute atomic E-state index is 12.2. The maximum atomic E-state index is 12.2. The molecule has 2 rings (SSSR count). The number of hydrogen-bond acceptors (Lipinski definition) is 1. The molecular formula is C22H29NO. The average Bonchev–Trinajstić information content (AvgIpc) is 2.60. The Labute approximate surface area is 146 Å². The molecule has 0 radical (unpaired) electrons. The van der Waals surface area contributed by atoms with Crippen LogP contribution in [-0.2, 0) is 17.6 Å². The second-order valence-electron chi connectivity index (χ2n) is 6.78. The van der Waals surface area contributed by atoms with Crippen LogP contribution in [0.3, 0.4) is 0 Å². The smallest absolute Gasteiger partial charge is 0.220 e. The van der Waals surface area contributed by atoms with Crippen molar-refractivity contribution in [2.45, 2.75) is 58.9 Å². The number of amides is 1. The predicted octanol–water partition coefficient (Wildman–Crippen LogP) is 5.18. The third-order valence-electron chi connectivity index (χ3n) is 4.55. The minimum Gasteiger partial charge on any atom is -0.350 e. The fraction of sp³-hybridized carbons (Fsp3) is 0.409. The number of aryl methyl sites for hydroxylation is 2. The predicted molar refractivity (Wildman–Crippen MR) is 101 cm³/mol. The number of carbonyl (C=O) groups is 1. The van der Waals surface area contributed by atoms with Gasteiger partial charge in [0.25, 0.3) is 0 Å². The molecule has 1 amide bonds. The van der Waals surface area contributed by atoms with Gasteiger partial charge < -0.3 is 5.32 Å². The molecule has 128 valence electrons. The van der Waals surface area contributed by atoms with Crippen molar-refractivity contribution >= 4 is 5.91 Å². The molecule has 0 aliphatic rings. The first-order valence-corrected chi connectivity index (χ1v) is 8.96. The van der Waals surface area contributed by atoms with Crippen molar-refractivity contribution in [3.8, 4) is 0 Å². The highest BCUT2D eigenvalue weighted by Crippen LogP contribution is 2.16. The molecule has 2 heteroatoms. The van der Waals surface area contributed by atoms with Crippen molar-refractivity contribution in [3.05, 3.63) is 70.8 Å². The topological polar surface area (TPSA) is 29.1 Å². The van der Waals surface area contributed by atoms with E-state index < -0.39 is 0 Å². The molecule has 0 aromatic heterocycles. The summed E-state index contributed by atoms with van der Waals surface area (Å²) in [4.78, 5) is 12.2. The van der Waals surface area contributed by atoms with Crippen LogP contribution in [0.1, 0.15) is 68.3 Å². The number of benzene rings is 2. The van der Waals surface area contributed by atoms with Crippen LogP contribution >= 0.6 is 0 Å². The molecule has 0 aliphatic heterocycles. The summed E-state index contributed by atoms with van der Waals surface area (Å²) in [6.45, 7) is 8.57. The lowest BCUT2D eigenvalue weighted by atomic mass is 10.00. The van der Waals surface area contributed by atoms with E-state index in [-0.39, 0.29) is 11.9 Å². The first-order valence-electron chi connectivity index (χ1n) is 8.96. The quantitative estimate of drug-likeness (QED) is 0.747. The zero-order chi connectivity index (χ0) is 17.5. The number of carbonyl (C=O) groups excluding carboxylic acids is 1. The van der Waals surface area contributed by atoms with Crippen molar-refractivity contribution in [3.63, 3.8) is 0 Å². The van der Waals surface area contributed by atoms with E-state index in [1.807, 2.05) is 6.92 Å². The maximum Gasteiger partial charge on any atom is 0.220 e. The molecule has 1 atom stereocenters. The Kier molecular flexibility index (Phi) is 6.60. The van der Waals surface area contributed by atoms with Crippen molar-refractivity contribution in [1.82, 2.24) is 5.32 Å². The summed E-state index contributed by atoms with van der Waals surface area (Å²) in [6.07, 6.45) is 2.35. The molecule has 2 aromatic rings. The van der Waals surface area contributed by atoms with Gasteiger partial charge >= 0.3 is 0 Å². The van der Waals surface area contributed by atoms with Gasteiger partial charge in [0.2, 0.25) is 5.91 Å². The minimum absolute atomic E-state index is 0.0479. The van der Waals surface area contributed by atoms with Crippen LogP contribution in [0, 0.1) is 0 Å². The molecule has 24 heavy (non-hydrogen) atoms. The van der Waals surface area contributed by atoms with E-state index in [2.05, 4.69) is 74.6 Å². The normalized spacial score (nSPS) is 12.2. The highest BCUT2D eigenvalue weighted by molar-refractivity contribution is 5.76. The zero-order valence-electron chi connectivity index (χ0n) is 15.3. The molecule has 0 bridgehead atoms. The summed E-state index contributed by atoms with van der Waals surface area (Å²) in [7, 11) is 0. The van der Waals surface area contributed by atoms with Crippen LogP contribution in [0.25, 0.3) is 0 Å². The van der Waals surface area contributed by atoms with Gasteiger partial charge in [0.15, 0.2) is 0 Å². The summed E-state index contributed by atoms with van der Waals surface area (Å²) in [5.74, 6) is 0.650. The third-order valence-corrected chi connectivity index (χ3v) is 4.55. The van der Waals surface area contributed by atoms with Crippen LogP contribution in [0.4, 0.5) is 0 Å². The van der Waals surface area contributed by atoms with E-state index in [1.165, 1.54) is 16.7 Å². The summed E-state index contributed by atoms with van der Waals surface area (Å²) in [6, 6.07) is 17.1. The van der Waals surface area contributed by atoms with E-state index in [1.54, 1.807) is 0 Å². The van der Waals surface area contributed by atoms with E-state index in [9.17, 15) is 4.79 Å². The molecule has 0 fully saturated rings. The lowest BCUT2D eigenvalue weighted by Crippen LogP contribution is -2.26. The van der Waals surface area contributed by atoms with Gasteiger partial charge in [-0.15, -0.1) is 0 Å². The van der Waals surface area contributed by atoms with Gasteiger partial charge in [0, 0.05) is 6.42 Å². The van der Waals surface area contributed by atoms with E-state index in [0.717, 1.165) is 18.4 Å². The van der Waals surface area contributed by atoms with Gasteiger partial charge in [-0.3, -0.25) is 4.79 Å². The van der Waals surface area contributed by atoms with Crippen molar-refractivity contribution in [1.29, 1.82) is 0 Å². The van der Waals surface area contributed by atoms with Crippen molar-refractivity contribution in [2.24, 2.45) is 0 Å². The molecular weight excluding hydrogens is 294 g/mol. The Morgan fingerprint density at radius 2 is 1.42 bits per heavy atom. The van der Waals surface area contributed by atoms with Crippen LogP contribution in [0.15, 0.2) is 48.5 Å². The lowest BCUT2D eigenvalue weighted by molar-refractivity contribution is -0.121. The van der Waals surface area contributed by atoms with E-state index in [0.29, 0.717) is 12.3 Å². The molecule has 0 saturated carbocycles. The monoisotopic (exact) mass is 323 g/mol. The minimum atomic E-state index is 0.0479. The average molecular weight is 323 g/mol. The summed E-state index contributed by atoms with van der Waals surface area (Å²) >= 11 is 0. The Morgan fingerprint density at radius 1 is 0.875 bits per heavy atom. The summed E-state index contributed by atoms with van der Waals surface area (Å²) < 4.78 is 0. The summed E-state index contributed by atoms with van der Waals surface area (Å²) in [5, 5.41) is 3.09. The zero-order valence-corrected chi connectivity index (χ0v) is 15.3. The highest BCUT2D eigenvalue weighted by atomic mass is 16.1. The third kappa shape index (κ3) is 5.23. The number of hydrogen-bond donors (Lipinski definition) is 1.